The number of likely N-dealkylation sites (tertiary alicyclic amines) is 1. The highest BCUT2D eigenvalue weighted by molar-refractivity contribution is 6.04. The maximum Gasteiger partial charge on any atom is 0.171 e. The van der Waals surface area contributed by atoms with Crippen LogP contribution in [0.15, 0.2) is 59.1 Å². The molecule has 2 aromatic carbocycles. The zero-order chi connectivity index (χ0) is 23.5. The van der Waals surface area contributed by atoms with Crippen LogP contribution in [0.1, 0.15) is 58.6 Å². The molecule has 0 radical (unpaired) electrons. The molecule has 184 valence electrons. The molecule has 1 fully saturated rings. The Hall–Kier alpha value is -2.83. The SMILES string of the molecule is Cl.O=C(c1ccc(F)cc1)C1CCN(CCCC2CCc3onc(-c4ccccc4)c3C2=O)CC1. The van der Waals surface area contributed by atoms with Gasteiger partial charge in [-0.1, -0.05) is 35.5 Å². The van der Waals surface area contributed by atoms with Crippen molar-refractivity contribution in [1.82, 2.24) is 10.1 Å². The average Bonchev–Trinajstić information content (AvgIpc) is 3.31. The van der Waals surface area contributed by atoms with Crippen LogP contribution in [0.2, 0.25) is 0 Å². The molecular formula is C28H30ClFN2O3. The maximum absolute atomic E-state index is 13.3. The van der Waals surface area contributed by atoms with Crippen molar-refractivity contribution >= 4 is 24.0 Å². The fourth-order valence-corrected chi connectivity index (χ4v) is 5.29. The Morgan fingerprint density at radius 1 is 1.03 bits per heavy atom. The lowest BCUT2D eigenvalue weighted by atomic mass is 9.82. The van der Waals surface area contributed by atoms with Gasteiger partial charge in [-0.05, 0) is 76.0 Å². The van der Waals surface area contributed by atoms with Gasteiger partial charge in [-0.15, -0.1) is 12.4 Å². The number of piperidine rings is 1. The van der Waals surface area contributed by atoms with Crippen molar-refractivity contribution in [3.8, 4) is 11.3 Å². The normalized spacial score (nSPS) is 18.7. The first-order valence-electron chi connectivity index (χ1n) is 12.2. The predicted molar refractivity (Wildman–Crippen MR) is 134 cm³/mol. The zero-order valence-corrected chi connectivity index (χ0v) is 20.4. The molecule has 1 saturated heterocycles. The van der Waals surface area contributed by atoms with E-state index in [0.29, 0.717) is 22.6 Å². The van der Waals surface area contributed by atoms with Crippen molar-refractivity contribution in [3.63, 3.8) is 0 Å². The fraction of sp³-hybridized carbons (Fsp3) is 0.393. The lowest BCUT2D eigenvalue weighted by Gasteiger charge is -2.31. The van der Waals surface area contributed by atoms with Gasteiger partial charge in [0.15, 0.2) is 11.6 Å². The van der Waals surface area contributed by atoms with Crippen molar-refractivity contribution in [2.24, 2.45) is 11.8 Å². The summed E-state index contributed by atoms with van der Waals surface area (Å²) in [5.41, 5.74) is 2.85. The summed E-state index contributed by atoms with van der Waals surface area (Å²) in [5, 5.41) is 4.20. The van der Waals surface area contributed by atoms with E-state index in [1.807, 2.05) is 30.3 Å². The number of Topliss-reactive ketones (excluding diaryl/α,β-unsaturated/α-hetero) is 2. The second-order valence-electron chi connectivity index (χ2n) is 9.42. The number of halogens is 2. The van der Waals surface area contributed by atoms with Gasteiger partial charge >= 0.3 is 0 Å². The smallest absolute Gasteiger partial charge is 0.171 e. The lowest BCUT2D eigenvalue weighted by Crippen LogP contribution is -2.37. The molecule has 0 spiro atoms. The highest BCUT2D eigenvalue weighted by Gasteiger charge is 2.34. The molecule has 1 atom stereocenters. The van der Waals surface area contributed by atoms with E-state index in [4.69, 9.17) is 4.52 Å². The first-order chi connectivity index (χ1) is 16.6. The topological polar surface area (TPSA) is 63.4 Å². The van der Waals surface area contributed by atoms with Crippen LogP contribution >= 0.6 is 12.4 Å². The van der Waals surface area contributed by atoms with Crippen LogP contribution in [0.25, 0.3) is 11.3 Å². The molecule has 0 saturated carbocycles. The summed E-state index contributed by atoms with van der Waals surface area (Å²) in [6, 6.07) is 15.6. The minimum Gasteiger partial charge on any atom is -0.360 e. The standard InChI is InChI=1S/C28H29FN2O3.ClH/c29-23-11-8-21(9-12-23)27(32)22-14-17-31(18-15-22)16-4-7-20-10-13-24-25(28(20)33)26(30-34-24)19-5-2-1-3-6-19;/h1-3,5-6,8-9,11-12,20,22H,4,7,10,13-18H2;1H. The van der Waals surface area contributed by atoms with Gasteiger partial charge in [0.1, 0.15) is 17.3 Å². The molecule has 2 heterocycles. The summed E-state index contributed by atoms with van der Waals surface area (Å²) in [6.07, 6.45) is 5.01. The summed E-state index contributed by atoms with van der Waals surface area (Å²) in [4.78, 5) is 28.3. The molecule has 1 unspecified atom stereocenters. The third kappa shape index (κ3) is 5.54. The van der Waals surface area contributed by atoms with Crippen molar-refractivity contribution in [3.05, 3.63) is 77.3 Å². The number of nitrogens with zero attached hydrogens (tertiary/aromatic N) is 2. The Kier molecular flexibility index (Phi) is 8.14. The summed E-state index contributed by atoms with van der Waals surface area (Å²) in [7, 11) is 0. The van der Waals surface area contributed by atoms with Crippen molar-refractivity contribution in [2.75, 3.05) is 19.6 Å². The van der Waals surface area contributed by atoms with E-state index >= 15 is 0 Å². The van der Waals surface area contributed by atoms with Gasteiger partial charge in [-0.2, -0.15) is 0 Å². The van der Waals surface area contributed by atoms with Gasteiger partial charge in [0, 0.05) is 29.4 Å². The van der Waals surface area contributed by atoms with Gasteiger partial charge in [0.25, 0.3) is 0 Å². The number of hydrogen-bond donors (Lipinski definition) is 0. The van der Waals surface area contributed by atoms with Crippen LogP contribution in [0.4, 0.5) is 4.39 Å². The van der Waals surface area contributed by atoms with Crippen molar-refractivity contribution in [1.29, 1.82) is 0 Å². The minimum absolute atomic E-state index is 0. The molecule has 1 aromatic heterocycles. The maximum atomic E-state index is 13.3. The number of fused-ring (bicyclic) bond motifs is 1. The number of aryl methyl sites for hydroxylation is 1. The van der Waals surface area contributed by atoms with Crippen molar-refractivity contribution < 1.29 is 18.5 Å². The Labute approximate surface area is 211 Å². The third-order valence-corrected chi connectivity index (χ3v) is 7.26. The minimum atomic E-state index is -0.320. The van der Waals surface area contributed by atoms with Crippen LogP contribution in [0.5, 0.6) is 0 Å². The largest absolute Gasteiger partial charge is 0.360 e. The lowest BCUT2D eigenvalue weighted by molar-refractivity contribution is 0.0825. The Bertz CT molecular complexity index is 1150. The Balaban J connectivity index is 0.00000289. The fourth-order valence-electron chi connectivity index (χ4n) is 5.29. The van der Waals surface area contributed by atoms with Crippen molar-refractivity contribution in [2.45, 2.75) is 38.5 Å². The number of hydrogen-bond acceptors (Lipinski definition) is 5. The monoisotopic (exact) mass is 496 g/mol. The number of ketones is 2. The van der Waals surface area contributed by atoms with E-state index in [1.54, 1.807) is 12.1 Å². The van der Waals surface area contributed by atoms with E-state index in [0.717, 1.165) is 63.7 Å². The van der Waals surface area contributed by atoms with Gasteiger partial charge in [-0.25, -0.2) is 4.39 Å². The van der Waals surface area contributed by atoms with E-state index < -0.39 is 0 Å². The number of aromatic nitrogens is 1. The Morgan fingerprint density at radius 2 is 1.74 bits per heavy atom. The molecule has 0 N–H and O–H groups in total. The molecule has 0 amide bonds. The van der Waals surface area contributed by atoms with Crippen LogP contribution < -0.4 is 0 Å². The average molecular weight is 497 g/mol. The number of carbonyl (C=O) groups excluding carboxylic acids is 2. The van der Waals surface area contributed by atoms with Gasteiger partial charge in [0.05, 0.1) is 5.56 Å². The van der Waals surface area contributed by atoms with Crippen LogP contribution in [0, 0.1) is 17.7 Å². The highest BCUT2D eigenvalue weighted by atomic mass is 35.5. The number of carbonyl (C=O) groups is 2. The summed E-state index contributed by atoms with van der Waals surface area (Å²) in [6.45, 7) is 2.69. The third-order valence-electron chi connectivity index (χ3n) is 7.26. The zero-order valence-electron chi connectivity index (χ0n) is 19.6. The number of rotatable bonds is 7. The molecule has 3 aromatic rings. The molecule has 5 rings (SSSR count). The molecular weight excluding hydrogens is 467 g/mol. The summed E-state index contributed by atoms with van der Waals surface area (Å²) < 4.78 is 18.6. The highest BCUT2D eigenvalue weighted by Crippen LogP contribution is 2.35. The van der Waals surface area contributed by atoms with E-state index in [-0.39, 0.29) is 41.6 Å². The predicted octanol–water partition coefficient (Wildman–Crippen LogP) is 6.02. The summed E-state index contributed by atoms with van der Waals surface area (Å²) >= 11 is 0. The molecule has 2 aliphatic rings. The first-order valence-corrected chi connectivity index (χ1v) is 12.2. The first kappa shape index (κ1) is 25.3. The van der Waals surface area contributed by atoms with Crippen LogP contribution in [-0.2, 0) is 6.42 Å². The molecule has 1 aliphatic carbocycles. The molecule has 7 heteroatoms. The van der Waals surface area contributed by atoms with Crippen LogP contribution in [0.3, 0.4) is 0 Å². The van der Waals surface area contributed by atoms with Gasteiger partial charge in [0.2, 0.25) is 0 Å². The Morgan fingerprint density at radius 3 is 2.46 bits per heavy atom. The van der Waals surface area contributed by atoms with E-state index in [9.17, 15) is 14.0 Å². The second-order valence-corrected chi connectivity index (χ2v) is 9.42. The van der Waals surface area contributed by atoms with Gasteiger partial charge < -0.3 is 9.42 Å². The molecule has 5 nitrogen and oxygen atoms in total. The second kappa shape index (κ2) is 11.3. The molecule has 0 bridgehead atoms. The molecule has 35 heavy (non-hydrogen) atoms. The quantitative estimate of drug-likeness (QED) is 0.374. The molecule has 1 aliphatic heterocycles. The van der Waals surface area contributed by atoms with E-state index in [2.05, 4.69) is 10.1 Å². The van der Waals surface area contributed by atoms with Crippen LogP contribution in [-0.4, -0.2) is 41.3 Å². The number of benzene rings is 2. The van der Waals surface area contributed by atoms with Gasteiger partial charge in [-0.3, -0.25) is 9.59 Å². The summed E-state index contributed by atoms with van der Waals surface area (Å²) in [5.74, 6) is 0.681. The van der Waals surface area contributed by atoms with E-state index in [1.165, 1.54) is 12.1 Å².